The molecule has 4 nitrogen and oxygen atoms in total. The van der Waals surface area contributed by atoms with E-state index in [0.717, 1.165) is 26.1 Å². The van der Waals surface area contributed by atoms with Crippen molar-refractivity contribution in [3.63, 3.8) is 0 Å². The molecule has 1 aliphatic heterocycles. The van der Waals surface area contributed by atoms with Crippen LogP contribution in [-0.4, -0.2) is 35.4 Å². The van der Waals surface area contributed by atoms with Crippen LogP contribution in [0.1, 0.15) is 43.0 Å². The SMILES string of the molecule is CCCNc1cc(C(=O)N2CC3CCCC3C2)cc(Cl)n1. The van der Waals surface area contributed by atoms with E-state index in [1.807, 2.05) is 11.0 Å². The minimum absolute atomic E-state index is 0.0910. The van der Waals surface area contributed by atoms with Gasteiger partial charge in [-0.1, -0.05) is 24.9 Å². The summed E-state index contributed by atoms with van der Waals surface area (Å²) in [4.78, 5) is 18.9. The molecular weight excluding hydrogens is 286 g/mol. The zero-order valence-electron chi connectivity index (χ0n) is 12.4. The number of hydrogen-bond donors (Lipinski definition) is 1. The Bertz CT molecular complexity index is 522. The first-order valence-corrected chi connectivity index (χ1v) is 8.26. The van der Waals surface area contributed by atoms with E-state index in [9.17, 15) is 4.79 Å². The lowest BCUT2D eigenvalue weighted by atomic mass is 10.0. The number of likely N-dealkylation sites (tertiary alicyclic amines) is 1. The summed E-state index contributed by atoms with van der Waals surface area (Å²) in [7, 11) is 0. The second-order valence-electron chi connectivity index (χ2n) is 6.15. The van der Waals surface area contributed by atoms with Gasteiger partial charge >= 0.3 is 0 Å². The maximum absolute atomic E-state index is 12.7. The zero-order valence-corrected chi connectivity index (χ0v) is 13.2. The number of fused-ring (bicyclic) bond motifs is 1. The van der Waals surface area contributed by atoms with E-state index in [1.54, 1.807) is 6.07 Å². The molecular formula is C16H22ClN3O. The number of hydrogen-bond acceptors (Lipinski definition) is 3. The topological polar surface area (TPSA) is 45.2 Å². The molecule has 114 valence electrons. The maximum atomic E-state index is 12.7. The van der Waals surface area contributed by atoms with Crippen LogP contribution in [0.5, 0.6) is 0 Å². The highest BCUT2D eigenvalue weighted by Crippen LogP contribution is 2.38. The van der Waals surface area contributed by atoms with Crippen molar-refractivity contribution < 1.29 is 4.79 Å². The molecule has 1 saturated heterocycles. The van der Waals surface area contributed by atoms with Crippen LogP contribution in [-0.2, 0) is 0 Å². The third-order valence-electron chi connectivity index (χ3n) is 4.61. The molecule has 1 amide bonds. The molecule has 2 fully saturated rings. The first-order valence-electron chi connectivity index (χ1n) is 7.88. The van der Waals surface area contributed by atoms with Crippen LogP contribution in [0.15, 0.2) is 12.1 Å². The van der Waals surface area contributed by atoms with E-state index in [1.165, 1.54) is 19.3 Å². The van der Waals surface area contributed by atoms with Gasteiger partial charge < -0.3 is 10.2 Å². The van der Waals surface area contributed by atoms with Gasteiger partial charge in [0.1, 0.15) is 11.0 Å². The lowest BCUT2D eigenvalue weighted by molar-refractivity contribution is 0.0780. The Kier molecular flexibility index (Phi) is 4.34. The molecule has 1 N–H and O–H groups in total. The smallest absolute Gasteiger partial charge is 0.254 e. The van der Waals surface area contributed by atoms with Gasteiger partial charge in [-0.25, -0.2) is 4.98 Å². The molecule has 0 aromatic carbocycles. The average molecular weight is 308 g/mol. The Morgan fingerprint density at radius 3 is 2.76 bits per heavy atom. The molecule has 3 rings (SSSR count). The molecule has 2 unspecified atom stereocenters. The minimum atomic E-state index is 0.0910. The molecule has 1 saturated carbocycles. The summed E-state index contributed by atoms with van der Waals surface area (Å²) in [5.41, 5.74) is 0.647. The Morgan fingerprint density at radius 1 is 1.38 bits per heavy atom. The summed E-state index contributed by atoms with van der Waals surface area (Å²) in [6, 6.07) is 3.49. The van der Waals surface area contributed by atoms with E-state index in [4.69, 9.17) is 11.6 Å². The van der Waals surface area contributed by atoms with Gasteiger partial charge in [0.15, 0.2) is 0 Å². The first kappa shape index (κ1) is 14.6. The fraction of sp³-hybridized carbons (Fsp3) is 0.625. The van der Waals surface area contributed by atoms with Crippen molar-refractivity contribution in [2.75, 3.05) is 25.0 Å². The Balaban J connectivity index is 1.73. The van der Waals surface area contributed by atoms with Crippen molar-refractivity contribution >= 4 is 23.3 Å². The highest BCUT2D eigenvalue weighted by atomic mass is 35.5. The summed E-state index contributed by atoms with van der Waals surface area (Å²) >= 11 is 6.05. The summed E-state index contributed by atoms with van der Waals surface area (Å²) in [5, 5.41) is 3.57. The second kappa shape index (κ2) is 6.22. The van der Waals surface area contributed by atoms with E-state index < -0.39 is 0 Å². The van der Waals surface area contributed by atoms with Crippen LogP contribution in [0.4, 0.5) is 5.82 Å². The summed E-state index contributed by atoms with van der Waals surface area (Å²) in [5.74, 6) is 2.20. The number of anilines is 1. The van der Waals surface area contributed by atoms with Crippen LogP contribution in [0.25, 0.3) is 0 Å². The van der Waals surface area contributed by atoms with Crippen molar-refractivity contribution in [3.8, 4) is 0 Å². The molecule has 5 heteroatoms. The monoisotopic (exact) mass is 307 g/mol. The number of halogens is 1. The lowest BCUT2D eigenvalue weighted by Crippen LogP contribution is -2.29. The van der Waals surface area contributed by atoms with Gasteiger partial charge in [0.25, 0.3) is 5.91 Å². The third-order valence-corrected chi connectivity index (χ3v) is 4.80. The van der Waals surface area contributed by atoms with Gasteiger partial charge in [0.2, 0.25) is 0 Å². The molecule has 0 radical (unpaired) electrons. The lowest BCUT2D eigenvalue weighted by Gasteiger charge is -2.18. The van der Waals surface area contributed by atoms with Crippen LogP contribution < -0.4 is 5.32 Å². The van der Waals surface area contributed by atoms with E-state index in [0.29, 0.717) is 28.4 Å². The molecule has 0 bridgehead atoms. The van der Waals surface area contributed by atoms with Gasteiger partial charge in [0, 0.05) is 25.2 Å². The van der Waals surface area contributed by atoms with Crippen molar-refractivity contribution in [3.05, 3.63) is 22.8 Å². The predicted molar refractivity (Wildman–Crippen MR) is 84.8 cm³/mol. The zero-order chi connectivity index (χ0) is 14.8. The molecule has 1 aliphatic carbocycles. The molecule has 1 aromatic rings. The van der Waals surface area contributed by atoms with Gasteiger partial charge in [-0.05, 0) is 43.2 Å². The average Bonchev–Trinajstić information content (AvgIpc) is 3.04. The van der Waals surface area contributed by atoms with Crippen molar-refractivity contribution in [2.24, 2.45) is 11.8 Å². The highest BCUT2D eigenvalue weighted by Gasteiger charge is 2.38. The number of pyridine rings is 1. The van der Waals surface area contributed by atoms with Gasteiger partial charge in [-0.15, -0.1) is 0 Å². The van der Waals surface area contributed by atoms with Crippen molar-refractivity contribution in [2.45, 2.75) is 32.6 Å². The number of aromatic nitrogens is 1. The normalized spacial score (nSPS) is 24.2. The summed E-state index contributed by atoms with van der Waals surface area (Å²) in [6.07, 6.45) is 4.88. The predicted octanol–water partition coefficient (Wildman–Crippen LogP) is 3.43. The van der Waals surface area contributed by atoms with Crippen LogP contribution in [0.2, 0.25) is 5.15 Å². The van der Waals surface area contributed by atoms with E-state index >= 15 is 0 Å². The number of carbonyl (C=O) groups is 1. The van der Waals surface area contributed by atoms with Crippen LogP contribution >= 0.6 is 11.6 Å². The van der Waals surface area contributed by atoms with Crippen LogP contribution in [0, 0.1) is 11.8 Å². The highest BCUT2D eigenvalue weighted by molar-refractivity contribution is 6.29. The largest absolute Gasteiger partial charge is 0.370 e. The van der Waals surface area contributed by atoms with Gasteiger partial charge in [-0.2, -0.15) is 0 Å². The first-order chi connectivity index (χ1) is 10.2. The van der Waals surface area contributed by atoms with Gasteiger partial charge in [-0.3, -0.25) is 4.79 Å². The third kappa shape index (κ3) is 3.15. The molecule has 21 heavy (non-hydrogen) atoms. The Morgan fingerprint density at radius 2 is 2.10 bits per heavy atom. The van der Waals surface area contributed by atoms with Crippen molar-refractivity contribution in [1.29, 1.82) is 0 Å². The van der Waals surface area contributed by atoms with E-state index in [2.05, 4.69) is 17.2 Å². The Hall–Kier alpha value is -1.29. The van der Waals surface area contributed by atoms with Gasteiger partial charge in [0.05, 0.1) is 0 Å². The second-order valence-corrected chi connectivity index (χ2v) is 6.54. The fourth-order valence-electron chi connectivity index (χ4n) is 3.55. The number of amides is 1. The Labute approximate surface area is 130 Å². The number of rotatable bonds is 4. The molecule has 1 aromatic heterocycles. The summed E-state index contributed by atoms with van der Waals surface area (Å²) in [6.45, 7) is 4.73. The number of carbonyl (C=O) groups excluding carboxylic acids is 1. The minimum Gasteiger partial charge on any atom is -0.370 e. The van der Waals surface area contributed by atoms with Crippen molar-refractivity contribution in [1.82, 2.24) is 9.88 Å². The molecule has 2 aliphatic rings. The number of nitrogens with zero attached hydrogens (tertiary/aromatic N) is 2. The fourth-order valence-corrected chi connectivity index (χ4v) is 3.76. The molecule has 2 heterocycles. The standard InChI is InChI=1S/C16H22ClN3O/c1-2-6-18-15-8-13(7-14(17)19-15)16(21)20-9-11-4-3-5-12(11)10-20/h7-8,11-12H,2-6,9-10H2,1H3,(H,18,19). The van der Waals surface area contributed by atoms with Crippen LogP contribution in [0.3, 0.4) is 0 Å². The maximum Gasteiger partial charge on any atom is 0.254 e. The molecule has 2 atom stereocenters. The van der Waals surface area contributed by atoms with E-state index in [-0.39, 0.29) is 5.91 Å². The molecule has 0 spiro atoms. The quantitative estimate of drug-likeness (QED) is 0.867. The summed E-state index contributed by atoms with van der Waals surface area (Å²) < 4.78 is 0. The number of nitrogens with one attached hydrogen (secondary N) is 1.